The number of halogens is 6. The van der Waals surface area contributed by atoms with E-state index in [1.165, 1.54) is 10.7 Å². The molecule has 1 aromatic carbocycles. The summed E-state index contributed by atoms with van der Waals surface area (Å²) in [6.45, 7) is 0. The summed E-state index contributed by atoms with van der Waals surface area (Å²) in [4.78, 5) is -0.128. The van der Waals surface area contributed by atoms with Crippen molar-refractivity contribution in [2.24, 2.45) is 0 Å². The van der Waals surface area contributed by atoms with E-state index in [0.717, 1.165) is 22.1 Å². The second-order valence-electron chi connectivity index (χ2n) is 8.98. The molecule has 5 rings (SSSR count). The summed E-state index contributed by atoms with van der Waals surface area (Å²) < 4.78 is 70.5. The van der Waals surface area contributed by atoms with Gasteiger partial charge >= 0.3 is 6.18 Å². The Balaban J connectivity index is 1.75. The van der Waals surface area contributed by atoms with E-state index >= 15 is 0 Å². The van der Waals surface area contributed by atoms with Gasteiger partial charge in [-0.25, -0.2) is 13.1 Å². The highest BCUT2D eigenvalue weighted by atomic mass is 79.9. The average molecular weight is 654 g/mol. The first kappa shape index (κ1) is 26.9. The van der Waals surface area contributed by atoms with Gasteiger partial charge < -0.3 is 0 Å². The molecule has 14 heteroatoms. The smallest absolute Gasteiger partial charge is 0.234 e. The predicted molar refractivity (Wildman–Crippen MR) is 141 cm³/mol. The number of rotatable bonds is 5. The van der Waals surface area contributed by atoms with E-state index in [2.05, 4.69) is 31.2 Å². The molecular formula is C23H18BrCl2F3N4O2S2. The van der Waals surface area contributed by atoms with Crippen molar-refractivity contribution in [2.75, 3.05) is 6.26 Å². The van der Waals surface area contributed by atoms with E-state index in [-0.39, 0.29) is 38.5 Å². The van der Waals surface area contributed by atoms with Gasteiger partial charge in [0.1, 0.15) is 21.0 Å². The summed E-state index contributed by atoms with van der Waals surface area (Å²) in [6, 6.07) is 4.70. The predicted octanol–water partition coefficient (Wildman–Crippen LogP) is 7.41. The molecule has 0 saturated heterocycles. The third-order valence-electron chi connectivity index (χ3n) is 6.58. The van der Waals surface area contributed by atoms with E-state index in [4.69, 9.17) is 23.2 Å². The van der Waals surface area contributed by atoms with E-state index in [1.54, 1.807) is 18.2 Å². The average Bonchev–Trinajstić information content (AvgIpc) is 3.38. The zero-order valence-electron chi connectivity index (χ0n) is 19.1. The maximum Gasteiger partial charge on any atom is 0.400 e. The Bertz CT molecular complexity index is 1560. The number of hydrogen-bond acceptors (Lipinski definition) is 6. The van der Waals surface area contributed by atoms with Gasteiger partial charge in [0, 0.05) is 21.7 Å². The highest BCUT2D eigenvalue weighted by Crippen LogP contribution is 2.56. The second-order valence-corrected chi connectivity index (χ2v) is 13.7. The van der Waals surface area contributed by atoms with Crippen molar-refractivity contribution < 1.29 is 21.6 Å². The molecule has 3 aromatic rings. The summed E-state index contributed by atoms with van der Waals surface area (Å²) in [5, 5.41) is 12.9. The van der Waals surface area contributed by atoms with E-state index in [0.29, 0.717) is 29.2 Å². The number of allylic oxidation sites excluding steroid dienone is 4. The maximum absolute atomic E-state index is 13.9. The maximum atomic E-state index is 13.9. The Labute approximate surface area is 233 Å². The normalized spacial score (nSPS) is 19.5. The monoisotopic (exact) mass is 652 g/mol. The van der Waals surface area contributed by atoms with Crippen LogP contribution in [0.15, 0.2) is 45.8 Å². The minimum Gasteiger partial charge on any atom is -0.234 e. The molecule has 2 aliphatic carbocycles. The lowest BCUT2D eigenvalue weighted by Gasteiger charge is -2.40. The lowest BCUT2D eigenvalue weighted by molar-refractivity contribution is -0.212. The van der Waals surface area contributed by atoms with E-state index in [9.17, 15) is 21.6 Å². The number of aromatic nitrogens is 4. The fraction of sp³-hybridized carbons (Fsp3) is 0.348. The van der Waals surface area contributed by atoms with Crippen LogP contribution in [-0.2, 0) is 15.3 Å². The molecule has 0 bridgehead atoms. The third-order valence-corrected chi connectivity index (χ3v) is 9.98. The van der Waals surface area contributed by atoms with Gasteiger partial charge in [-0.15, -0.1) is 10.2 Å². The highest BCUT2D eigenvalue weighted by molar-refractivity contribution is 9.11. The molecule has 2 heterocycles. The molecule has 2 aliphatic rings. The van der Waals surface area contributed by atoms with Gasteiger partial charge in [-0.2, -0.15) is 18.3 Å². The molecule has 0 aliphatic heterocycles. The van der Waals surface area contributed by atoms with Crippen LogP contribution < -0.4 is 0 Å². The second kappa shape index (κ2) is 9.48. The fourth-order valence-electron chi connectivity index (χ4n) is 4.54. The Morgan fingerprint density at radius 1 is 1.22 bits per heavy atom. The first-order valence-electron chi connectivity index (χ1n) is 11.1. The first-order valence-corrected chi connectivity index (χ1v) is 15.3. The van der Waals surface area contributed by atoms with Crippen LogP contribution in [-0.4, -0.2) is 40.8 Å². The van der Waals surface area contributed by atoms with Crippen molar-refractivity contribution in [3.8, 4) is 16.4 Å². The van der Waals surface area contributed by atoms with Gasteiger partial charge in [-0.3, -0.25) is 0 Å². The molecule has 0 amide bonds. The standard InChI is InChI=1S/C23H18BrCl2F3N4O2S2/c1-37(34,35)19-17(20-30-31-21(36-20)22(9-2-10-22)23(27,28)29)32-33(16-8-7-14(25)11-15(16)26)18(19)12-3-5-13(24)6-4-12/h3,5-8,11-12H,2,4,9-10H2,1H3. The first-order chi connectivity index (χ1) is 17.3. The van der Waals surface area contributed by atoms with Crippen molar-refractivity contribution in [1.29, 1.82) is 0 Å². The number of hydrogen-bond donors (Lipinski definition) is 0. The van der Waals surface area contributed by atoms with Gasteiger partial charge in [0.15, 0.2) is 14.8 Å². The van der Waals surface area contributed by atoms with Gasteiger partial charge in [-0.05, 0) is 37.5 Å². The van der Waals surface area contributed by atoms with Crippen LogP contribution >= 0.6 is 50.5 Å². The number of nitrogens with zero attached hydrogens (tertiary/aromatic N) is 4. The molecule has 0 spiro atoms. The summed E-state index contributed by atoms with van der Waals surface area (Å²) in [6.07, 6.45) is 2.78. The summed E-state index contributed by atoms with van der Waals surface area (Å²) in [7, 11) is -3.93. The minimum absolute atomic E-state index is 0.00690. The van der Waals surface area contributed by atoms with Crippen LogP contribution in [0.2, 0.25) is 10.0 Å². The molecule has 1 fully saturated rings. The third kappa shape index (κ3) is 4.69. The van der Waals surface area contributed by atoms with Crippen molar-refractivity contribution in [3.05, 3.63) is 61.7 Å². The lowest BCUT2D eigenvalue weighted by Crippen LogP contribution is -2.47. The van der Waals surface area contributed by atoms with E-state index < -0.39 is 27.3 Å². The zero-order valence-corrected chi connectivity index (χ0v) is 23.8. The van der Waals surface area contributed by atoms with Gasteiger partial charge in [0.25, 0.3) is 0 Å². The molecule has 6 nitrogen and oxygen atoms in total. The molecule has 0 N–H and O–H groups in total. The Kier molecular flexibility index (Phi) is 6.88. The quantitative estimate of drug-likeness (QED) is 0.287. The fourth-order valence-corrected chi connectivity index (χ4v) is 7.64. The summed E-state index contributed by atoms with van der Waals surface area (Å²) in [5.41, 5.74) is -1.44. The molecule has 0 radical (unpaired) electrons. The summed E-state index contributed by atoms with van der Waals surface area (Å²) >= 11 is 16.7. The Hall–Kier alpha value is -1.73. The van der Waals surface area contributed by atoms with Crippen molar-refractivity contribution in [1.82, 2.24) is 20.0 Å². The van der Waals surface area contributed by atoms with Crippen LogP contribution in [0.5, 0.6) is 0 Å². The molecular weight excluding hydrogens is 636 g/mol. The minimum atomic E-state index is -4.49. The Morgan fingerprint density at radius 3 is 2.49 bits per heavy atom. The van der Waals surface area contributed by atoms with Crippen LogP contribution in [0.3, 0.4) is 0 Å². The lowest BCUT2D eigenvalue weighted by atomic mass is 9.68. The number of benzene rings is 1. The highest BCUT2D eigenvalue weighted by Gasteiger charge is 2.61. The van der Waals surface area contributed by atoms with Crippen LogP contribution in [0, 0.1) is 0 Å². The zero-order chi connectivity index (χ0) is 26.8. The van der Waals surface area contributed by atoms with Crippen LogP contribution in [0.1, 0.15) is 42.3 Å². The molecule has 1 unspecified atom stereocenters. The largest absolute Gasteiger partial charge is 0.400 e. The van der Waals surface area contributed by atoms with Crippen molar-refractivity contribution in [2.45, 2.75) is 48.1 Å². The van der Waals surface area contributed by atoms with Crippen molar-refractivity contribution in [3.63, 3.8) is 0 Å². The van der Waals surface area contributed by atoms with Crippen LogP contribution in [0.25, 0.3) is 16.4 Å². The summed E-state index contributed by atoms with van der Waals surface area (Å²) in [5.74, 6) is -0.417. The SMILES string of the molecule is CS(=O)(=O)c1c(-c2nnc(C3(C(F)(F)F)CCC3)s2)nn(-c2ccc(Cl)cc2Cl)c1C1C=CC(Br)=CC1. The van der Waals surface area contributed by atoms with E-state index in [1.807, 2.05) is 12.2 Å². The van der Waals surface area contributed by atoms with Crippen LogP contribution in [0.4, 0.5) is 13.2 Å². The molecule has 196 valence electrons. The molecule has 1 saturated carbocycles. The number of alkyl halides is 3. The van der Waals surface area contributed by atoms with Gasteiger partial charge in [0.2, 0.25) is 0 Å². The molecule has 2 aromatic heterocycles. The van der Waals surface area contributed by atoms with Gasteiger partial charge in [0.05, 0.1) is 16.4 Å². The van der Waals surface area contributed by atoms with Crippen molar-refractivity contribution >= 4 is 60.3 Å². The topological polar surface area (TPSA) is 77.7 Å². The molecule has 37 heavy (non-hydrogen) atoms. The Morgan fingerprint density at radius 2 is 1.95 bits per heavy atom. The molecule has 1 atom stereocenters. The number of sulfone groups is 1. The van der Waals surface area contributed by atoms with Gasteiger partial charge in [-0.1, -0.05) is 75.1 Å².